The molecule has 0 N–H and O–H groups in total. The molecule has 0 unspecified atom stereocenters. The monoisotopic (exact) mass is 289 g/mol. The van der Waals surface area contributed by atoms with Crippen LogP contribution in [0.4, 0.5) is 0 Å². The highest BCUT2D eigenvalue weighted by molar-refractivity contribution is 6.08. The second-order valence-electron chi connectivity index (χ2n) is 4.94. The second kappa shape index (κ2) is 6.22. The van der Waals surface area contributed by atoms with E-state index in [0.717, 1.165) is 11.3 Å². The molecule has 0 saturated carbocycles. The highest BCUT2D eigenvalue weighted by Gasteiger charge is 2.12. The Morgan fingerprint density at radius 1 is 0.864 bits per heavy atom. The molecular weight excluding hydrogens is 274 g/mol. The summed E-state index contributed by atoms with van der Waals surface area (Å²) in [4.78, 5) is 16.6. The van der Waals surface area contributed by atoms with Crippen LogP contribution in [0.25, 0.3) is 0 Å². The number of rotatable bonds is 4. The smallest absolute Gasteiger partial charge is 0.211 e. The Balaban J connectivity index is 1.80. The number of ketones is 1. The summed E-state index contributed by atoms with van der Waals surface area (Å²) in [5.41, 5.74) is 1.96. The number of carbonyl (C=O) groups is 1. The van der Waals surface area contributed by atoms with E-state index in [1.165, 1.54) is 0 Å². The summed E-state index contributed by atoms with van der Waals surface area (Å²) in [6.45, 7) is 1.88. The van der Waals surface area contributed by atoms with E-state index in [-0.39, 0.29) is 5.78 Å². The van der Waals surface area contributed by atoms with Gasteiger partial charge in [0.2, 0.25) is 5.78 Å². The molecule has 0 radical (unpaired) electrons. The molecular formula is C19H15NO2. The Morgan fingerprint density at radius 3 is 2.23 bits per heavy atom. The molecule has 0 saturated heterocycles. The third-order valence-electron chi connectivity index (χ3n) is 3.32. The van der Waals surface area contributed by atoms with Crippen molar-refractivity contribution in [3.63, 3.8) is 0 Å². The van der Waals surface area contributed by atoms with Gasteiger partial charge in [-0.05, 0) is 55.0 Å². The SMILES string of the molecule is Cc1cccnc1C(=O)c1ccc(Oc2ccccc2)cc1. The topological polar surface area (TPSA) is 39.2 Å². The van der Waals surface area contributed by atoms with E-state index in [4.69, 9.17) is 4.74 Å². The molecule has 22 heavy (non-hydrogen) atoms. The van der Waals surface area contributed by atoms with Crippen LogP contribution in [-0.2, 0) is 0 Å². The summed E-state index contributed by atoms with van der Waals surface area (Å²) in [5, 5.41) is 0. The Bertz CT molecular complexity index is 780. The highest BCUT2D eigenvalue weighted by atomic mass is 16.5. The van der Waals surface area contributed by atoms with Gasteiger partial charge in [0.05, 0.1) is 0 Å². The van der Waals surface area contributed by atoms with Crippen LogP contribution in [0.5, 0.6) is 11.5 Å². The first kappa shape index (κ1) is 14.0. The molecule has 3 aromatic rings. The zero-order chi connectivity index (χ0) is 15.4. The number of pyridine rings is 1. The fraction of sp³-hybridized carbons (Fsp3) is 0.0526. The first-order chi connectivity index (χ1) is 10.7. The van der Waals surface area contributed by atoms with Crippen molar-refractivity contribution in [3.8, 4) is 11.5 Å². The third-order valence-corrected chi connectivity index (χ3v) is 3.32. The number of nitrogens with zero attached hydrogens (tertiary/aromatic N) is 1. The molecule has 2 aromatic carbocycles. The van der Waals surface area contributed by atoms with Crippen LogP contribution in [-0.4, -0.2) is 10.8 Å². The van der Waals surface area contributed by atoms with Gasteiger partial charge < -0.3 is 4.74 Å². The molecule has 3 rings (SSSR count). The van der Waals surface area contributed by atoms with Gasteiger partial charge in [-0.15, -0.1) is 0 Å². The molecule has 0 amide bonds. The van der Waals surface area contributed by atoms with Gasteiger partial charge in [0.15, 0.2) is 0 Å². The van der Waals surface area contributed by atoms with E-state index in [2.05, 4.69) is 4.98 Å². The molecule has 3 nitrogen and oxygen atoms in total. The maximum Gasteiger partial charge on any atom is 0.211 e. The molecule has 0 fully saturated rings. The van der Waals surface area contributed by atoms with Crippen LogP contribution in [0.15, 0.2) is 72.9 Å². The zero-order valence-electron chi connectivity index (χ0n) is 12.2. The first-order valence-corrected chi connectivity index (χ1v) is 7.03. The normalized spacial score (nSPS) is 10.2. The number of para-hydroxylation sites is 1. The average molecular weight is 289 g/mol. The predicted octanol–water partition coefficient (Wildman–Crippen LogP) is 4.41. The van der Waals surface area contributed by atoms with Crippen molar-refractivity contribution in [2.45, 2.75) is 6.92 Å². The van der Waals surface area contributed by atoms with E-state index >= 15 is 0 Å². The molecule has 108 valence electrons. The van der Waals surface area contributed by atoms with E-state index in [0.29, 0.717) is 17.0 Å². The first-order valence-electron chi connectivity index (χ1n) is 7.03. The van der Waals surface area contributed by atoms with Crippen molar-refractivity contribution in [1.29, 1.82) is 0 Å². The van der Waals surface area contributed by atoms with Crippen molar-refractivity contribution >= 4 is 5.78 Å². The number of aromatic nitrogens is 1. The number of carbonyl (C=O) groups excluding carboxylic acids is 1. The lowest BCUT2D eigenvalue weighted by Crippen LogP contribution is -2.06. The van der Waals surface area contributed by atoms with Gasteiger partial charge in [-0.25, -0.2) is 0 Å². The zero-order valence-corrected chi connectivity index (χ0v) is 12.2. The summed E-state index contributed by atoms with van der Waals surface area (Å²) in [5.74, 6) is 1.38. The van der Waals surface area contributed by atoms with Gasteiger partial charge in [0.25, 0.3) is 0 Å². The Labute approximate surface area is 129 Å². The maximum absolute atomic E-state index is 12.4. The van der Waals surface area contributed by atoms with Crippen LogP contribution in [0.1, 0.15) is 21.6 Å². The minimum absolute atomic E-state index is 0.0793. The standard InChI is InChI=1S/C19H15NO2/c1-14-6-5-13-20-18(14)19(21)15-9-11-17(12-10-15)22-16-7-3-2-4-8-16/h2-13H,1H3. The van der Waals surface area contributed by atoms with Gasteiger partial charge in [-0.2, -0.15) is 0 Å². The third kappa shape index (κ3) is 3.04. The van der Waals surface area contributed by atoms with E-state index in [1.807, 2.05) is 49.4 Å². The van der Waals surface area contributed by atoms with Crippen molar-refractivity contribution in [2.24, 2.45) is 0 Å². The number of ether oxygens (including phenoxy) is 1. The van der Waals surface area contributed by atoms with Crippen LogP contribution in [0.2, 0.25) is 0 Å². The van der Waals surface area contributed by atoms with E-state index < -0.39 is 0 Å². The largest absolute Gasteiger partial charge is 0.457 e. The van der Waals surface area contributed by atoms with Gasteiger partial charge in [0, 0.05) is 11.8 Å². The van der Waals surface area contributed by atoms with Crippen molar-refractivity contribution in [3.05, 3.63) is 89.7 Å². The molecule has 0 spiro atoms. The molecule has 3 heteroatoms. The van der Waals surface area contributed by atoms with E-state index in [1.54, 1.807) is 30.5 Å². The van der Waals surface area contributed by atoms with Crippen LogP contribution < -0.4 is 4.74 Å². The minimum atomic E-state index is -0.0793. The Morgan fingerprint density at radius 2 is 1.55 bits per heavy atom. The molecule has 0 aliphatic carbocycles. The highest BCUT2D eigenvalue weighted by Crippen LogP contribution is 2.22. The second-order valence-corrected chi connectivity index (χ2v) is 4.94. The van der Waals surface area contributed by atoms with Crippen molar-refractivity contribution in [1.82, 2.24) is 4.98 Å². The quantitative estimate of drug-likeness (QED) is 0.668. The molecule has 0 atom stereocenters. The predicted molar refractivity (Wildman–Crippen MR) is 85.4 cm³/mol. The molecule has 1 heterocycles. The summed E-state index contributed by atoms with van der Waals surface area (Å²) < 4.78 is 5.72. The number of benzene rings is 2. The molecule has 0 aliphatic heterocycles. The maximum atomic E-state index is 12.4. The van der Waals surface area contributed by atoms with E-state index in [9.17, 15) is 4.79 Å². The number of aryl methyl sites for hydroxylation is 1. The number of hydrogen-bond donors (Lipinski definition) is 0. The molecule has 0 bridgehead atoms. The summed E-state index contributed by atoms with van der Waals surface area (Å²) in [7, 11) is 0. The molecule has 1 aromatic heterocycles. The fourth-order valence-electron chi connectivity index (χ4n) is 2.16. The summed E-state index contributed by atoms with van der Waals surface area (Å²) in [6.07, 6.45) is 1.63. The fourth-order valence-corrected chi connectivity index (χ4v) is 2.16. The van der Waals surface area contributed by atoms with Crippen LogP contribution in [0, 0.1) is 6.92 Å². The van der Waals surface area contributed by atoms with Crippen LogP contribution in [0.3, 0.4) is 0 Å². The minimum Gasteiger partial charge on any atom is -0.457 e. The lowest BCUT2D eigenvalue weighted by Gasteiger charge is -2.07. The number of hydrogen-bond acceptors (Lipinski definition) is 3. The van der Waals surface area contributed by atoms with Gasteiger partial charge in [-0.1, -0.05) is 24.3 Å². The van der Waals surface area contributed by atoms with Gasteiger partial charge in [0.1, 0.15) is 17.2 Å². The lowest BCUT2D eigenvalue weighted by molar-refractivity contribution is 0.103. The Kier molecular flexibility index (Phi) is 3.97. The molecule has 0 aliphatic rings. The van der Waals surface area contributed by atoms with Gasteiger partial charge in [-0.3, -0.25) is 9.78 Å². The lowest BCUT2D eigenvalue weighted by atomic mass is 10.0. The van der Waals surface area contributed by atoms with Crippen molar-refractivity contribution in [2.75, 3.05) is 0 Å². The van der Waals surface area contributed by atoms with Gasteiger partial charge >= 0.3 is 0 Å². The summed E-state index contributed by atoms with van der Waals surface area (Å²) in [6, 6.07) is 20.3. The van der Waals surface area contributed by atoms with Crippen molar-refractivity contribution < 1.29 is 9.53 Å². The average Bonchev–Trinajstić information content (AvgIpc) is 2.56. The summed E-state index contributed by atoms with van der Waals surface area (Å²) >= 11 is 0. The Hall–Kier alpha value is -2.94. The van der Waals surface area contributed by atoms with Crippen LogP contribution >= 0.6 is 0 Å².